The van der Waals surface area contributed by atoms with Gasteiger partial charge in [-0.15, -0.1) is 5.70 Å². The number of unbranched alkanes of at least 4 members (excludes halogenated alkanes) is 1. The van der Waals surface area contributed by atoms with Crippen LogP contribution in [0.2, 0.25) is 0 Å². The van der Waals surface area contributed by atoms with Gasteiger partial charge in [-0.1, -0.05) is 13.0 Å². The molecule has 0 spiro atoms. The zero-order chi connectivity index (χ0) is 7.66. The van der Waals surface area contributed by atoms with Gasteiger partial charge in [0.15, 0.2) is 0 Å². The van der Waals surface area contributed by atoms with E-state index in [-0.39, 0.29) is 0 Å². The third-order valence-corrected chi connectivity index (χ3v) is 1.86. The van der Waals surface area contributed by atoms with Crippen LogP contribution in [0.3, 0.4) is 0 Å². The summed E-state index contributed by atoms with van der Waals surface area (Å²) in [5, 5.41) is 3.37. The molecule has 0 aliphatic rings. The predicted octanol–water partition coefficient (Wildman–Crippen LogP) is 0.645. The maximum Gasteiger partial charge on any atom is 0.0287 e. The van der Waals surface area contributed by atoms with E-state index in [2.05, 4.69) is 24.0 Å². The number of nitrogens with one attached hydrogen (secondary N) is 1. The normalized spacial score (nSPS) is 11.3. The van der Waals surface area contributed by atoms with Gasteiger partial charge in [0, 0.05) is 10.2 Å². The Balaban J connectivity index is 2.77. The van der Waals surface area contributed by atoms with Crippen molar-refractivity contribution in [1.82, 2.24) is 5.32 Å². The summed E-state index contributed by atoms with van der Waals surface area (Å²) in [6.45, 7) is 4.55. The molecule has 0 amide bonds. The van der Waals surface area contributed by atoms with Gasteiger partial charge in [0.25, 0.3) is 0 Å². The van der Waals surface area contributed by atoms with Gasteiger partial charge in [0.2, 0.25) is 0 Å². The molecule has 2 heteroatoms. The summed E-state index contributed by atoms with van der Waals surface area (Å²) in [6, 6.07) is 0. The number of rotatable bonds is 6. The smallest absolute Gasteiger partial charge is 0.0287 e. The third kappa shape index (κ3) is 7.92. The first-order valence-corrected chi connectivity index (χ1v) is 5.39. The summed E-state index contributed by atoms with van der Waals surface area (Å²) in [7, 11) is 1.21. The van der Waals surface area contributed by atoms with Crippen LogP contribution in [0.5, 0.6) is 0 Å². The van der Waals surface area contributed by atoms with Crippen LogP contribution >= 0.6 is 0 Å². The molecule has 60 valence electrons. The molecule has 0 saturated carbocycles. The van der Waals surface area contributed by atoms with Gasteiger partial charge >= 0.3 is 0 Å². The van der Waals surface area contributed by atoms with Gasteiger partial charge < -0.3 is 5.32 Å². The van der Waals surface area contributed by atoms with Crippen LogP contribution in [0.15, 0.2) is 11.8 Å². The van der Waals surface area contributed by atoms with Crippen molar-refractivity contribution in [3.05, 3.63) is 11.8 Å². The van der Waals surface area contributed by atoms with Gasteiger partial charge in [-0.3, -0.25) is 0 Å². The number of hydrogen-bond donors (Lipinski definition) is 1. The van der Waals surface area contributed by atoms with Crippen LogP contribution in [0.4, 0.5) is 0 Å². The lowest BCUT2D eigenvalue weighted by molar-refractivity contribution is 0.645. The van der Waals surface area contributed by atoms with E-state index in [9.17, 15) is 0 Å². The summed E-state index contributed by atoms with van der Waals surface area (Å²) in [6.07, 6.45) is 6.06. The van der Waals surface area contributed by atoms with E-state index in [0.717, 1.165) is 0 Å². The first-order valence-electron chi connectivity index (χ1n) is 4.23. The molecular weight excluding hydrogens is 138 g/mol. The second-order valence-electron chi connectivity index (χ2n) is 2.46. The van der Waals surface area contributed by atoms with Crippen LogP contribution < -0.4 is 5.32 Å². The second kappa shape index (κ2) is 8.92. The average Bonchev–Trinajstić information content (AvgIpc) is 1.97. The fourth-order valence-electron chi connectivity index (χ4n) is 0.813. The van der Waals surface area contributed by atoms with Crippen molar-refractivity contribution in [3.63, 3.8) is 0 Å². The SMILES string of the molecule is CCCNCCCC=C[SiH3]. The topological polar surface area (TPSA) is 12.0 Å². The van der Waals surface area contributed by atoms with Crippen molar-refractivity contribution in [2.75, 3.05) is 13.1 Å². The Morgan fingerprint density at radius 3 is 2.80 bits per heavy atom. The highest BCUT2D eigenvalue weighted by molar-refractivity contribution is 6.16. The van der Waals surface area contributed by atoms with E-state index in [4.69, 9.17) is 0 Å². The molecule has 0 atom stereocenters. The maximum atomic E-state index is 3.37. The molecule has 0 aromatic rings. The van der Waals surface area contributed by atoms with Gasteiger partial charge in [-0.2, -0.15) is 0 Å². The van der Waals surface area contributed by atoms with Gasteiger partial charge in [0.05, 0.1) is 0 Å². The largest absolute Gasteiger partial charge is 0.317 e. The third-order valence-electron chi connectivity index (χ3n) is 1.39. The van der Waals surface area contributed by atoms with Gasteiger partial charge in [0.1, 0.15) is 0 Å². The van der Waals surface area contributed by atoms with Crippen LogP contribution in [-0.2, 0) is 0 Å². The van der Waals surface area contributed by atoms with E-state index in [0.29, 0.717) is 0 Å². The minimum Gasteiger partial charge on any atom is -0.317 e. The fraction of sp³-hybridized carbons (Fsp3) is 0.750. The predicted molar refractivity (Wildman–Crippen MR) is 51.5 cm³/mol. The first kappa shape index (κ1) is 9.92. The number of hydrogen-bond acceptors (Lipinski definition) is 1. The first-order chi connectivity index (χ1) is 4.91. The summed E-state index contributed by atoms with van der Waals surface area (Å²) >= 11 is 0. The zero-order valence-electron chi connectivity index (χ0n) is 7.19. The Morgan fingerprint density at radius 2 is 2.20 bits per heavy atom. The Bertz CT molecular complexity index is 81.3. The Hall–Kier alpha value is -0.0831. The highest BCUT2D eigenvalue weighted by Crippen LogP contribution is 1.87. The summed E-state index contributed by atoms with van der Waals surface area (Å²) in [4.78, 5) is 0. The van der Waals surface area contributed by atoms with Crippen molar-refractivity contribution in [1.29, 1.82) is 0 Å². The van der Waals surface area contributed by atoms with Crippen molar-refractivity contribution < 1.29 is 0 Å². The molecule has 10 heavy (non-hydrogen) atoms. The summed E-state index contributed by atoms with van der Waals surface area (Å²) < 4.78 is 0. The van der Waals surface area contributed by atoms with Crippen LogP contribution in [-0.4, -0.2) is 23.3 Å². The standard InChI is InChI=1S/C8H19NSi/c1-2-6-9-7-4-3-5-8-10/h5,8-9H,2-4,6-7H2,1,10H3. The minimum absolute atomic E-state index is 1.17. The second-order valence-corrected chi connectivity index (χ2v) is 3.13. The minimum atomic E-state index is 1.17. The Morgan fingerprint density at radius 1 is 1.40 bits per heavy atom. The number of allylic oxidation sites excluding steroid dienone is 1. The van der Waals surface area contributed by atoms with E-state index < -0.39 is 0 Å². The lowest BCUT2D eigenvalue weighted by Gasteiger charge is -1.98. The van der Waals surface area contributed by atoms with Crippen molar-refractivity contribution in [2.45, 2.75) is 26.2 Å². The average molecular weight is 157 g/mol. The van der Waals surface area contributed by atoms with E-state index >= 15 is 0 Å². The monoisotopic (exact) mass is 157 g/mol. The van der Waals surface area contributed by atoms with Gasteiger partial charge in [-0.05, 0) is 32.4 Å². The molecule has 0 heterocycles. The highest BCUT2D eigenvalue weighted by atomic mass is 28.1. The van der Waals surface area contributed by atoms with Crippen molar-refractivity contribution in [2.24, 2.45) is 0 Å². The molecule has 0 rings (SSSR count). The lowest BCUT2D eigenvalue weighted by atomic mass is 10.3. The van der Waals surface area contributed by atoms with E-state index in [1.807, 2.05) is 0 Å². The van der Waals surface area contributed by atoms with Crippen molar-refractivity contribution in [3.8, 4) is 0 Å². The molecule has 0 bridgehead atoms. The molecular formula is C8H19NSi. The molecule has 1 N–H and O–H groups in total. The molecule has 0 saturated heterocycles. The van der Waals surface area contributed by atoms with E-state index in [1.54, 1.807) is 0 Å². The van der Waals surface area contributed by atoms with E-state index in [1.165, 1.54) is 42.6 Å². The molecule has 0 fully saturated rings. The molecule has 1 nitrogen and oxygen atoms in total. The Kier molecular flexibility index (Phi) is 8.84. The zero-order valence-corrected chi connectivity index (χ0v) is 9.19. The highest BCUT2D eigenvalue weighted by Gasteiger charge is 1.82. The molecule has 0 radical (unpaired) electrons. The lowest BCUT2D eigenvalue weighted by Crippen LogP contribution is -2.15. The molecule has 0 aromatic carbocycles. The Labute approximate surface area is 67.3 Å². The maximum absolute atomic E-state index is 3.37. The quantitative estimate of drug-likeness (QED) is 0.441. The van der Waals surface area contributed by atoms with Crippen LogP contribution in [0.1, 0.15) is 26.2 Å². The molecule has 0 aliphatic carbocycles. The fourth-order valence-corrected chi connectivity index (χ4v) is 1.15. The molecule has 0 aliphatic heterocycles. The summed E-state index contributed by atoms with van der Waals surface area (Å²) in [5.74, 6) is 0. The summed E-state index contributed by atoms with van der Waals surface area (Å²) in [5.41, 5.74) is 2.25. The van der Waals surface area contributed by atoms with Crippen LogP contribution in [0.25, 0.3) is 0 Å². The van der Waals surface area contributed by atoms with Crippen LogP contribution in [0, 0.1) is 0 Å². The van der Waals surface area contributed by atoms with Crippen molar-refractivity contribution >= 4 is 10.2 Å². The molecule has 0 aromatic heterocycles. The van der Waals surface area contributed by atoms with Gasteiger partial charge in [-0.25, -0.2) is 0 Å². The molecule has 0 unspecified atom stereocenters.